The van der Waals surface area contributed by atoms with Crippen molar-refractivity contribution in [2.45, 2.75) is 27.7 Å². The van der Waals surface area contributed by atoms with Gasteiger partial charge in [-0.1, -0.05) is 45.0 Å². The number of hydrogen-bond donors (Lipinski definition) is 2. The van der Waals surface area contributed by atoms with E-state index >= 15 is 0 Å². The van der Waals surface area contributed by atoms with Gasteiger partial charge in [0.1, 0.15) is 17.3 Å². The van der Waals surface area contributed by atoms with E-state index in [1.807, 2.05) is 25.1 Å². The molecule has 0 aliphatic carbocycles. The van der Waals surface area contributed by atoms with Crippen molar-refractivity contribution in [3.63, 3.8) is 0 Å². The molecule has 0 aliphatic rings. The summed E-state index contributed by atoms with van der Waals surface area (Å²) in [5, 5.41) is 5.44. The van der Waals surface area contributed by atoms with E-state index < -0.39 is 11.3 Å². The Kier molecular flexibility index (Phi) is 6.34. The van der Waals surface area contributed by atoms with Gasteiger partial charge in [-0.15, -0.1) is 0 Å². The van der Waals surface area contributed by atoms with Gasteiger partial charge in [0.25, 0.3) is 5.91 Å². The molecule has 142 valence electrons. The highest BCUT2D eigenvalue weighted by atomic mass is 16.5. The van der Waals surface area contributed by atoms with E-state index in [-0.39, 0.29) is 11.6 Å². The molecule has 27 heavy (non-hydrogen) atoms. The molecule has 0 saturated heterocycles. The third-order valence-electron chi connectivity index (χ3n) is 3.74. The maximum Gasteiger partial charge on any atom is 0.273 e. The summed E-state index contributed by atoms with van der Waals surface area (Å²) in [5.41, 5.74) is 0.919. The number of aryl methyl sites for hydroxylation is 1. The highest BCUT2D eigenvalue weighted by Crippen LogP contribution is 2.21. The number of nitrogens with zero attached hydrogens (tertiary/aromatic N) is 1. The van der Waals surface area contributed by atoms with Crippen LogP contribution in [0.1, 0.15) is 32.0 Å². The summed E-state index contributed by atoms with van der Waals surface area (Å²) in [7, 11) is 1.55. The van der Waals surface area contributed by atoms with Gasteiger partial charge in [-0.25, -0.2) is 4.98 Å². The van der Waals surface area contributed by atoms with Crippen LogP contribution in [0.5, 0.6) is 5.75 Å². The molecule has 1 aromatic carbocycles. The number of aromatic nitrogens is 1. The van der Waals surface area contributed by atoms with Crippen LogP contribution in [0, 0.1) is 12.3 Å². The minimum absolute atomic E-state index is 0.114. The minimum Gasteiger partial charge on any atom is -0.496 e. The molecular formula is C21H25N3O3. The largest absolute Gasteiger partial charge is 0.496 e. The number of ether oxygens (including phenoxy) is 1. The molecule has 6 heteroatoms. The van der Waals surface area contributed by atoms with Crippen molar-refractivity contribution in [2.24, 2.45) is 5.41 Å². The van der Waals surface area contributed by atoms with Crippen LogP contribution in [0.15, 0.2) is 48.2 Å². The quantitative estimate of drug-likeness (QED) is 0.792. The summed E-state index contributed by atoms with van der Waals surface area (Å²) >= 11 is 0. The number of amides is 2. The third kappa shape index (κ3) is 5.67. The fourth-order valence-corrected chi connectivity index (χ4v) is 2.21. The first kappa shape index (κ1) is 20.2. The monoisotopic (exact) mass is 367 g/mol. The summed E-state index contributed by atoms with van der Waals surface area (Å²) in [6.45, 7) is 7.18. The summed E-state index contributed by atoms with van der Waals surface area (Å²) in [6.07, 6.45) is 1.59. The Labute approximate surface area is 159 Å². The molecule has 6 nitrogen and oxygen atoms in total. The second-order valence-electron chi connectivity index (χ2n) is 7.12. The number of anilines is 1. The van der Waals surface area contributed by atoms with Crippen molar-refractivity contribution in [1.29, 1.82) is 0 Å². The van der Waals surface area contributed by atoms with Crippen LogP contribution >= 0.6 is 0 Å². The van der Waals surface area contributed by atoms with Crippen LogP contribution in [0.3, 0.4) is 0 Å². The number of carbonyl (C=O) groups excluding carboxylic acids is 2. The van der Waals surface area contributed by atoms with Gasteiger partial charge in [0.15, 0.2) is 0 Å². The lowest BCUT2D eigenvalue weighted by atomic mass is 9.95. The SMILES string of the molecule is COc1ccccc1/C=C(/NC(=O)C(C)(C)C)C(=O)Nc1cccc(C)n1. The normalized spacial score (nSPS) is 11.7. The molecular weight excluding hydrogens is 342 g/mol. The molecule has 2 N–H and O–H groups in total. The fraction of sp³-hybridized carbons (Fsp3) is 0.286. The zero-order chi connectivity index (χ0) is 20.0. The summed E-state index contributed by atoms with van der Waals surface area (Å²) in [4.78, 5) is 29.5. The molecule has 1 heterocycles. The number of methoxy groups -OCH3 is 1. The van der Waals surface area contributed by atoms with Crippen molar-refractivity contribution in [1.82, 2.24) is 10.3 Å². The lowest BCUT2D eigenvalue weighted by Crippen LogP contribution is -2.38. The van der Waals surface area contributed by atoms with Gasteiger partial charge in [-0.3, -0.25) is 9.59 Å². The highest BCUT2D eigenvalue weighted by molar-refractivity contribution is 6.08. The second kappa shape index (κ2) is 8.49. The maximum atomic E-state index is 12.8. The number of pyridine rings is 1. The Hall–Kier alpha value is -3.15. The molecule has 2 aromatic rings. The maximum absolute atomic E-state index is 12.8. The molecule has 0 fully saturated rings. The third-order valence-corrected chi connectivity index (χ3v) is 3.74. The van der Waals surface area contributed by atoms with Crippen LogP contribution in [0.4, 0.5) is 5.82 Å². The molecule has 0 spiro atoms. The van der Waals surface area contributed by atoms with Crippen molar-refractivity contribution >= 4 is 23.7 Å². The van der Waals surface area contributed by atoms with E-state index in [0.29, 0.717) is 17.1 Å². The van der Waals surface area contributed by atoms with Gasteiger partial charge in [0.05, 0.1) is 7.11 Å². The van der Waals surface area contributed by atoms with E-state index in [9.17, 15) is 9.59 Å². The minimum atomic E-state index is -0.651. The molecule has 0 unspecified atom stereocenters. The average molecular weight is 367 g/mol. The predicted octanol–water partition coefficient (Wildman–Crippen LogP) is 3.54. The number of hydrogen-bond acceptors (Lipinski definition) is 4. The van der Waals surface area contributed by atoms with Crippen LogP contribution in [0.25, 0.3) is 6.08 Å². The number of benzene rings is 1. The lowest BCUT2D eigenvalue weighted by Gasteiger charge is -2.19. The second-order valence-corrected chi connectivity index (χ2v) is 7.12. The van der Waals surface area contributed by atoms with Crippen molar-refractivity contribution in [3.05, 3.63) is 59.4 Å². The van der Waals surface area contributed by atoms with E-state index in [1.54, 1.807) is 58.2 Å². The van der Waals surface area contributed by atoms with Gasteiger partial charge in [0.2, 0.25) is 5.91 Å². The Morgan fingerprint density at radius 2 is 1.78 bits per heavy atom. The Bertz CT molecular complexity index is 867. The van der Waals surface area contributed by atoms with Crippen LogP contribution in [0.2, 0.25) is 0 Å². The van der Waals surface area contributed by atoms with Crippen molar-refractivity contribution < 1.29 is 14.3 Å². The van der Waals surface area contributed by atoms with Gasteiger partial charge in [-0.2, -0.15) is 0 Å². The average Bonchev–Trinajstić information content (AvgIpc) is 2.60. The Balaban J connectivity index is 2.38. The molecule has 0 aliphatic heterocycles. The number of nitrogens with one attached hydrogen (secondary N) is 2. The molecule has 0 bridgehead atoms. The van der Waals surface area contributed by atoms with Gasteiger partial charge >= 0.3 is 0 Å². The smallest absolute Gasteiger partial charge is 0.273 e. The Morgan fingerprint density at radius 3 is 2.41 bits per heavy atom. The van der Waals surface area contributed by atoms with E-state index in [0.717, 1.165) is 5.69 Å². The molecule has 2 rings (SSSR count). The molecule has 0 atom stereocenters. The number of para-hydroxylation sites is 1. The standard InChI is InChI=1S/C21H25N3O3/c1-14-9-8-12-18(22-14)24-19(25)16(23-20(26)21(2,3)4)13-15-10-6-7-11-17(15)27-5/h6-13H,1-5H3,(H,23,26)(H,22,24,25)/b16-13+. The highest BCUT2D eigenvalue weighted by Gasteiger charge is 2.24. The van der Waals surface area contributed by atoms with Crippen LogP contribution in [-0.2, 0) is 9.59 Å². The van der Waals surface area contributed by atoms with Gasteiger partial charge < -0.3 is 15.4 Å². The number of carbonyl (C=O) groups is 2. The van der Waals surface area contributed by atoms with Gasteiger partial charge in [0, 0.05) is 16.7 Å². The first-order chi connectivity index (χ1) is 12.7. The van der Waals surface area contributed by atoms with Gasteiger partial charge in [-0.05, 0) is 31.2 Å². The predicted molar refractivity (Wildman–Crippen MR) is 106 cm³/mol. The first-order valence-corrected chi connectivity index (χ1v) is 8.62. The van der Waals surface area contributed by atoms with Crippen LogP contribution < -0.4 is 15.4 Å². The molecule has 0 saturated carbocycles. The Morgan fingerprint density at radius 1 is 1.07 bits per heavy atom. The summed E-state index contributed by atoms with van der Waals surface area (Å²) in [5.74, 6) is 0.282. The first-order valence-electron chi connectivity index (χ1n) is 8.62. The van der Waals surface area contributed by atoms with Crippen molar-refractivity contribution in [2.75, 3.05) is 12.4 Å². The molecule has 1 aromatic heterocycles. The molecule has 0 radical (unpaired) electrons. The van der Waals surface area contributed by atoms with E-state index in [2.05, 4.69) is 15.6 Å². The van der Waals surface area contributed by atoms with Crippen LogP contribution in [-0.4, -0.2) is 23.9 Å². The fourth-order valence-electron chi connectivity index (χ4n) is 2.21. The van der Waals surface area contributed by atoms with Crippen molar-refractivity contribution in [3.8, 4) is 5.75 Å². The van der Waals surface area contributed by atoms with E-state index in [4.69, 9.17) is 4.74 Å². The summed E-state index contributed by atoms with van der Waals surface area (Å²) in [6, 6.07) is 12.6. The number of rotatable bonds is 5. The summed E-state index contributed by atoms with van der Waals surface area (Å²) < 4.78 is 5.33. The zero-order valence-corrected chi connectivity index (χ0v) is 16.3. The lowest BCUT2D eigenvalue weighted by molar-refractivity contribution is -0.128. The topological polar surface area (TPSA) is 80.3 Å². The zero-order valence-electron chi connectivity index (χ0n) is 16.3. The molecule has 2 amide bonds. The van der Waals surface area contributed by atoms with E-state index in [1.165, 1.54) is 0 Å².